The van der Waals surface area contributed by atoms with E-state index in [2.05, 4.69) is 9.62 Å². The van der Waals surface area contributed by atoms with Crippen molar-refractivity contribution in [1.82, 2.24) is 9.62 Å². The molecule has 0 saturated carbocycles. The molecule has 1 rings (SSSR count). The van der Waals surface area contributed by atoms with Crippen molar-refractivity contribution < 1.29 is 23.1 Å². The molecular formula is C10H20N2O5S. The maximum atomic E-state index is 11.4. The summed E-state index contributed by atoms with van der Waals surface area (Å²) in [5, 5.41) is 8.41. The van der Waals surface area contributed by atoms with Crippen LogP contribution in [0.25, 0.3) is 0 Å². The van der Waals surface area contributed by atoms with Crippen LogP contribution in [0.4, 0.5) is 0 Å². The molecule has 0 aliphatic carbocycles. The molecule has 1 aliphatic rings. The number of nitrogens with one attached hydrogen (secondary N) is 1. The second kappa shape index (κ2) is 7.67. The lowest BCUT2D eigenvalue weighted by atomic mass is 10.3. The molecule has 1 fully saturated rings. The second-order valence-corrected chi connectivity index (χ2v) is 6.09. The number of hydrogen-bond donors (Lipinski definition) is 2. The lowest BCUT2D eigenvalue weighted by molar-refractivity contribution is -0.136. The molecule has 0 bridgehead atoms. The van der Waals surface area contributed by atoms with Gasteiger partial charge in [-0.2, -0.15) is 0 Å². The third kappa shape index (κ3) is 6.90. The van der Waals surface area contributed by atoms with Crippen LogP contribution in [0.2, 0.25) is 0 Å². The Balaban J connectivity index is 2.10. The number of carbonyl (C=O) groups is 1. The van der Waals surface area contributed by atoms with E-state index in [4.69, 9.17) is 9.84 Å². The van der Waals surface area contributed by atoms with Crippen LogP contribution < -0.4 is 4.72 Å². The van der Waals surface area contributed by atoms with Crippen molar-refractivity contribution in [3.05, 3.63) is 0 Å². The first-order valence-electron chi connectivity index (χ1n) is 5.99. The summed E-state index contributed by atoms with van der Waals surface area (Å²) >= 11 is 0. The number of hydrogen-bond acceptors (Lipinski definition) is 5. The van der Waals surface area contributed by atoms with Crippen LogP contribution in [0.15, 0.2) is 0 Å². The van der Waals surface area contributed by atoms with Gasteiger partial charge in [-0.25, -0.2) is 13.1 Å². The molecular weight excluding hydrogens is 260 g/mol. The normalized spacial score (nSPS) is 17.8. The summed E-state index contributed by atoms with van der Waals surface area (Å²) in [6.45, 7) is 4.39. The molecule has 18 heavy (non-hydrogen) atoms. The topological polar surface area (TPSA) is 95.9 Å². The van der Waals surface area contributed by atoms with Crippen molar-refractivity contribution in [1.29, 1.82) is 0 Å². The van der Waals surface area contributed by atoms with E-state index in [-0.39, 0.29) is 12.2 Å². The molecule has 0 amide bonds. The molecule has 0 aromatic carbocycles. The van der Waals surface area contributed by atoms with Crippen LogP contribution in [-0.4, -0.2) is 69.5 Å². The van der Waals surface area contributed by atoms with Crippen LogP contribution in [0.1, 0.15) is 12.8 Å². The lowest BCUT2D eigenvalue weighted by Gasteiger charge is -2.26. The molecule has 0 aromatic heterocycles. The van der Waals surface area contributed by atoms with E-state index in [1.165, 1.54) is 0 Å². The van der Waals surface area contributed by atoms with Crippen molar-refractivity contribution in [2.75, 3.05) is 45.1 Å². The van der Waals surface area contributed by atoms with Crippen molar-refractivity contribution in [3.8, 4) is 0 Å². The number of carboxylic acids is 1. The number of carboxylic acid groups (broad SMARTS) is 1. The number of aliphatic carboxylic acids is 1. The second-order valence-electron chi connectivity index (χ2n) is 4.16. The van der Waals surface area contributed by atoms with E-state index in [0.29, 0.717) is 13.0 Å². The van der Waals surface area contributed by atoms with Crippen LogP contribution in [-0.2, 0) is 19.6 Å². The first-order chi connectivity index (χ1) is 8.49. The Hall–Kier alpha value is -0.700. The SMILES string of the molecule is O=C(O)CCS(=O)(=O)NCCCN1CCOCC1. The minimum absolute atomic E-state index is 0.347. The van der Waals surface area contributed by atoms with Gasteiger partial charge in [0.1, 0.15) is 0 Å². The van der Waals surface area contributed by atoms with Gasteiger partial charge in [0.25, 0.3) is 0 Å². The van der Waals surface area contributed by atoms with Crippen molar-refractivity contribution >= 4 is 16.0 Å². The predicted molar refractivity (Wildman–Crippen MR) is 65.9 cm³/mol. The summed E-state index contributed by atoms with van der Waals surface area (Å²) in [7, 11) is -3.45. The highest BCUT2D eigenvalue weighted by molar-refractivity contribution is 7.89. The van der Waals surface area contributed by atoms with Crippen LogP contribution in [0, 0.1) is 0 Å². The van der Waals surface area contributed by atoms with Crippen LogP contribution in [0.5, 0.6) is 0 Å². The summed E-state index contributed by atoms with van der Waals surface area (Å²) in [6.07, 6.45) is 0.352. The third-order valence-corrected chi connectivity index (χ3v) is 4.05. The van der Waals surface area contributed by atoms with Gasteiger partial charge in [-0.15, -0.1) is 0 Å². The van der Waals surface area contributed by atoms with Gasteiger partial charge in [-0.05, 0) is 13.0 Å². The van der Waals surface area contributed by atoms with Crippen molar-refractivity contribution in [2.45, 2.75) is 12.8 Å². The molecule has 8 heteroatoms. The average Bonchev–Trinajstić information content (AvgIpc) is 2.34. The van der Waals surface area contributed by atoms with Gasteiger partial charge in [-0.3, -0.25) is 9.69 Å². The van der Waals surface area contributed by atoms with Gasteiger partial charge >= 0.3 is 5.97 Å². The number of sulfonamides is 1. The quantitative estimate of drug-likeness (QED) is 0.560. The highest BCUT2D eigenvalue weighted by Gasteiger charge is 2.13. The molecule has 0 atom stereocenters. The maximum absolute atomic E-state index is 11.4. The largest absolute Gasteiger partial charge is 0.481 e. The maximum Gasteiger partial charge on any atom is 0.304 e. The Morgan fingerprint density at radius 2 is 2.00 bits per heavy atom. The molecule has 2 N–H and O–H groups in total. The molecule has 0 unspecified atom stereocenters. The summed E-state index contributed by atoms with van der Waals surface area (Å²) < 4.78 is 30.4. The first-order valence-corrected chi connectivity index (χ1v) is 7.64. The zero-order valence-electron chi connectivity index (χ0n) is 10.3. The van der Waals surface area contributed by atoms with E-state index in [0.717, 1.165) is 32.8 Å². The average molecular weight is 280 g/mol. The zero-order valence-corrected chi connectivity index (χ0v) is 11.1. The number of morpholine rings is 1. The van der Waals surface area contributed by atoms with Gasteiger partial charge in [0.05, 0.1) is 25.4 Å². The Kier molecular flexibility index (Phi) is 6.55. The fourth-order valence-corrected chi connectivity index (χ4v) is 2.69. The van der Waals surface area contributed by atoms with Crippen LogP contribution in [0.3, 0.4) is 0 Å². The zero-order chi connectivity index (χ0) is 13.4. The van der Waals surface area contributed by atoms with Gasteiger partial charge in [0, 0.05) is 19.6 Å². The molecule has 1 heterocycles. The van der Waals surface area contributed by atoms with E-state index < -0.39 is 16.0 Å². The molecule has 0 radical (unpaired) electrons. The first kappa shape index (κ1) is 15.4. The Labute approximate surface area is 107 Å². The van der Waals surface area contributed by atoms with Crippen molar-refractivity contribution in [3.63, 3.8) is 0 Å². The molecule has 0 aromatic rings. The van der Waals surface area contributed by atoms with Gasteiger partial charge in [-0.1, -0.05) is 0 Å². The van der Waals surface area contributed by atoms with Crippen LogP contribution >= 0.6 is 0 Å². The van der Waals surface area contributed by atoms with Gasteiger partial charge in [0.2, 0.25) is 10.0 Å². The van der Waals surface area contributed by atoms with Crippen molar-refractivity contribution in [2.24, 2.45) is 0 Å². The van der Waals surface area contributed by atoms with E-state index in [1.807, 2.05) is 0 Å². The number of nitrogens with zero attached hydrogens (tertiary/aromatic N) is 1. The Morgan fingerprint density at radius 3 is 2.61 bits per heavy atom. The fourth-order valence-electron chi connectivity index (χ4n) is 1.65. The summed E-state index contributed by atoms with van der Waals surface area (Å²) in [4.78, 5) is 12.5. The highest BCUT2D eigenvalue weighted by Crippen LogP contribution is 1.98. The summed E-state index contributed by atoms with van der Waals surface area (Å²) in [6, 6.07) is 0. The van der Waals surface area contributed by atoms with E-state index in [1.54, 1.807) is 0 Å². The monoisotopic (exact) mass is 280 g/mol. The molecule has 1 aliphatic heterocycles. The third-order valence-electron chi connectivity index (χ3n) is 2.66. The number of ether oxygens (including phenoxy) is 1. The van der Waals surface area contributed by atoms with Gasteiger partial charge in [0.15, 0.2) is 0 Å². The fraction of sp³-hybridized carbons (Fsp3) is 0.900. The van der Waals surface area contributed by atoms with Gasteiger partial charge < -0.3 is 9.84 Å². The summed E-state index contributed by atoms with van der Waals surface area (Å²) in [5.41, 5.74) is 0. The highest BCUT2D eigenvalue weighted by atomic mass is 32.2. The molecule has 7 nitrogen and oxygen atoms in total. The Morgan fingerprint density at radius 1 is 1.33 bits per heavy atom. The molecule has 0 spiro atoms. The minimum atomic E-state index is -3.45. The number of rotatable bonds is 8. The Bertz CT molecular complexity index is 351. The van der Waals surface area contributed by atoms with E-state index >= 15 is 0 Å². The van der Waals surface area contributed by atoms with E-state index in [9.17, 15) is 13.2 Å². The molecule has 1 saturated heterocycles. The smallest absolute Gasteiger partial charge is 0.304 e. The predicted octanol–water partition coefficient (Wildman–Crippen LogP) is -0.897. The minimum Gasteiger partial charge on any atom is -0.481 e. The standard InChI is InChI=1S/C10H20N2O5S/c13-10(14)2-9-18(15,16)11-3-1-4-12-5-7-17-8-6-12/h11H,1-9H2,(H,13,14). The summed E-state index contributed by atoms with van der Waals surface area (Å²) in [5.74, 6) is -1.46. The lowest BCUT2D eigenvalue weighted by Crippen LogP contribution is -2.38. The molecule has 106 valence electrons.